The van der Waals surface area contributed by atoms with Gasteiger partial charge in [0.25, 0.3) is 0 Å². The van der Waals surface area contributed by atoms with Gasteiger partial charge in [-0.1, -0.05) is 30.3 Å². The number of hydrogen-bond donors (Lipinski definition) is 1. The Morgan fingerprint density at radius 1 is 0.842 bits per heavy atom. The molecule has 0 amide bonds. The van der Waals surface area contributed by atoms with Crippen molar-refractivity contribution in [2.45, 2.75) is 25.7 Å². The van der Waals surface area contributed by atoms with E-state index in [-0.39, 0.29) is 4.90 Å². The first-order chi connectivity index (χ1) is 8.82. The zero-order valence-electron chi connectivity index (χ0n) is 11.3. The molecule has 0 aliphatic heterocycles. The molecule has 19 heavy (non-hydrogen) atoms. The van der Waals surface area contributed by atoms with Crippen molar-refractivity contribution in [3.8, 4) is 11.1 Å². The highest BCUT2D eigenvalue weighted by atomic mass is 32.2. The fraction of sp³-hybridized carbons (Fsp3) is 0.200. The standard InChI is InChI=1S/C15H17NO2S/c1-10-8-9-13(12(3)11(10)2)14-6-4-5-7-15(14)19(16,17)18/h4-9H,1-3H3,(H2,16,17,18). The molecule has 0 aliphatic carbocycles. The molecule has 0 aliphatic rings. The van der Waals surface area contributed by atoms with E-state index in [4.69, 9.17) is 5.14 Å². The zero-order valence-corrected chi connectivity index (χ0v) is 12.1. The van der Waals surface area contributed by atoms with Gasteiger partial charge in [-0.2, -0.15) is 0 Å². The molecular formula is C15H17NO2S. The van der Waals surface area contributed by atoms with Crippen LogP contribution in [0.4, 0.5) is 0 Å². The summed E-state index contributed by atoms with van der Waals surface area (Å²) in [5.74, 6) is 0. The van der Waals surface area contributed by atoms with Crippen LogP contribution in [0, 0.1) is 20.8 Å². The summed E-state index contributed by atoms with van der Waals surface area (Å²) >= 11 is 0. The van der Waals surface area contributed by atoms with Crippen LogP contribution in [0.5, 0.6) is 0 Å². The maximum atomic E-state index is 11.7. The molecule has 0 atom stereocenters. The van der Waals surface area contributed by atoms with Crippen LogP contribution in [-0.4, -0.2) is 8.42 Å². The van der Waals surface area contributed by atoms with E-state index in [2.05, 4.69) is 0 Å². The first-order valence-electron chi connectivity index (χ1n) is 6.01. The van der Waals surface area contributed by atoms with Gasteiger partial charge in [-0.3, -0.25) is 0 Å². The lowest BCUT2D eigenvalue weighted by Gasteiger charge is -2.14. The van der Waals surface area contributed by atoms with Crippen LogP contribution >= 0.6 is 0 Å². The Bertz CT molecular complexity index is 734. The topological polar surface area (TPSA) is 60.2 Å². The Balaban J connectivity index is 2.78. The van der Waals surface area contributed by atoms with Crippen LogP contribution in [0.15, 0.2) is 41.3 Å². The van der Waals surface area contributed by atoms with E-state index in [0.29, 0.717) is 5.56 Å². The quantitative estimate of drug-likeness (QED) is 0.916. The zero-order chi connectivity index (χ0) is 14.2. The maximum absolute atomic E-state index is 11.7. The van der Waals surface area contributed by atoms with Gasteiger partial charge >= 0.3 is 0 Å². The molecule has 0 spiro atoms. The van der Waals surface area contributed by atoms with Crippen LogP contribution in [-0.2, 0) is 10.0 Å². The highest BCUT2D eigenvalue weighted by Crippen LogP contribution is 2.31. The summed E-state index contributed by atoms with van der Waals surface area (Å²) in [5, 5.41) is 5.29. The third-order valence-corrected chi connectivity index (χ3v) is 4.51. The number of aryl methyl sites for hydroxylation is 1. The second-order valence-electron chi connectivity index (χ2n) is 4.72. The van der Waals surface area contributed by atoms with Gasteiger partial charge in [0.15, 0.2) is 0 Å². The SMILES string of the molecule is Cc1ccc(-c2ccccc2S(N)(=O)=O)c(C)c1C. The van der Waals surface area contributed by atoms with Gasteiger partial charge < -0.3 is 0 Å². The van der Waals surface area contributed by atoms with Crippen molar-refractivity contribution in [3.05, 3.63) is 53.1 Å². The number of rotatable bonds is 2. The average molecular weight is 275 g/mol. The van der Waals surface area contributed by atoms with Crippen LogP contribution in [0.25, 0.3) is 11.1 Å². The molecule has 100 valence electrons. The van der Waals surface area contributed by atoms with E-state index in [9.17, 15) is 8.42 Å². The number of benzene rings is 2. The van der Waals surface area contributed by atoms with Crippen LogP contribution in [0.2, 0.25) is 0 Å². The lowest BCUT2D eigenvalue weighted by atomic mass is 9.94. The van der Waals surface area contributed by atoms with Gasteiger partial charge in [0.2, 0.25) is 10.0 Å². The van der Waals surface area contributed by atoms with Crippen molar-refractivity contribution in [3.63, 3.8) is 0 Å². The summed E-state index contributed by atoms with van der Waals surface area (Å²) in [6, 6.07) is 10.8. The summed E-state index contributed by atoms with van der Waals surface area (Å²) in [4.78, 5) is 0.168. The first kappa shape index (κ1) is 13.8. The Kier molecular flexibility index (Phi) is 3.47. The van der Waals surface area contributed by atoms with E-state index in [0.717, 1.165) is 11.1 Å². The van der Waals surface area contributed by atoms with Crippen molar-refractivity contribution < 1.29 is 8.42 Å². The summed E-state index contributed by atoms with van der Waals surface area (Å²) in [6.07, 6.45) is 0. The maximum Gasteiger partial charge on any atom is 0.238 e. The average Bonchev–Trinajstić information content (AvgIpc) is 2.35. The van der Waals surface area contributed by atoms with Crippen LogP contribution in [0.3, 0.4) is 0 Å². The minimum Gasteiger partial charge on any atom is -0.225 e. The molecule has 0 bridgehead atoms. The van der Waals surface area contributed by atoms with E-state index in [1.165, 1.54) is 11.1 Å². The Labute approximate surface area is 114 Å². The molecule has 2 N–H and O–H groups in total. The molecule has 0 radical (unpaired) electrons. The Hall–Kier alpha value is -1.65. The summed E-state index contributed by atoms with van der Waals surface area (Å²) < 4.78 is 23.3. The molecule has 0 fully saturated rings. The molecule has 4 heteroatoms. The molecule has 3 nitrogen and oxygen atoms in total. The Morgan fingerprint density at radius 3 is 2.11 bits per heavy atom. The second-order valence-corrected chi connectivity index (χ2v) is 6.25. The van der Waals surface area contributed by atoms with E-state index >= 15 is 0 Å². The monoisotopic (exact) mass is 275 g/mol. The predicted octanol–water partition coefficient (Wildman–Crippen LogP) is 2.93. The highest BCUT2D eigenvalue weighted by molar-refractivity contribution is 7.89. The minimum atomic E-state index is -3.72. The largest absolute Gasteiger partial charge is 0.238 e. The van der Waals surface area contributed by atoms with Gasteiger partial charge in [0, 0.05) is 5.56 Å². The first-order valence-corrected chi connectivity index (χ1v) is 7.56. The van der Waals surface area contributed by atoms with Gasteiger partial charge in [-0.25, -0.2) is 13.6 Å². The molecule has 0 aromatic heterocycles. The van der Waals surface area contributed by atoms with Crippen LogP contribution in [0.1, 0.15) is 16.7 Å². The fourth-order valence-corrected chi connectivity index (χ4v) is 2.94. The lowest BCUT2D eigenvalue weighted by molar-refractivity contribution is 0.598. The molecule has 2 rings (SSSR count). The molecule has 0 saturated heterocycles. The summed E-state index contributed by atoms with van der Waals surface area (Å²) in [7, 11) is -3.72. The second kappa shape index (κ2) is 4.79. The predicted molar refractivity (Wildman–Crippen MR) is 77.5 cm³/mol. The van der Waals surface area contributed by atoms with Crippen molar-refractivity contribution in [1.29, 1.82) is 0 Å². The third-order valence-electron chi connectivity index (χ3n) is 3.54. The molecular weight excluding hydrogens is 258 g/mol. The highest BCUT2D eigenvalue weighted by Gasteiger charge is 2.16. The van der Waals surface area contributed by atoms with Crippen molar-refractivity contribution in [2.75, 3.05) is 0 Å². The number of hydrogen-bond acceptors (Lipinski definition) is 2. The van der Waals surface area contributed by atoms with E-state index in [1.54, 1.807) is 18.2 Å². The Morgan fingerprint density at radius 2 is 1.47 bits per heavy atom. The lowest BCUT2D eigenvalue weighted by Crippen LogP contribution is -2.13. The minimum absolute atomic E-state index is 0.168. The molecule has 0 unspecified atom stereocenters. The van der Waals surface area contributed by atoms with Gasteiger partial charge in [-0.15, -0.1) is 0 Å². The molecule has 0 heterocycles. The summed E-state index contributed by atoms with van der Waals surface area (Å²) in [6.45, 7) is 6.07. The number of nitrogens with two attached hydrogens (primary N) is 1. The smallest absolute Gasteiger partial charge is 0.225 e. The third kappa shape index (κ3) is 2.55. The van der Waals surface area contributed by atoms with E-state index < -0.39 is 10.0 Å². The molecule has 2 aromatic rings. The van der Waals surface area contributed by atoms with Gasteiger partial charge in [-0.05, 0) is 49.1 Å². The van der Waals surface area contributed by atoms with Crippen molar-refractivity contribution >= 4 is 10.0 Å². The normalized spacial score (nSPS) is 11.6. The molecule has 2 aromatic carbocycles. The van der Waals surface area contributed by atoms with E-state index in [1.807, 2.05) is 39.0 Å². The van der Waals surface area contributed by atoms with Crippen molar-refractivity contribution in [1.82, 2.24) is 0 Å². The van der Waals surface area contributed by atoms with Gasteiger partial charge in [0.1, 0.15) is 0 Å². The fourth-order valence-electron chi connectivity index (χ4n) is 2.19. The number of primary sulfonamides is 1. The van der Waals surface area contributed by atoms with Crippen molar-refractivity contribution in [2.24, 2.45) is 5.14 Å². The molecule has 0 saturated carbocycles. The summed E-state index contributed by atoms with van der Waals surface area (Å²) in [5.41, 5.74) is 5.01. The number of sulfonamides is 1. The van der Waals surface area contributed by atoms with Gasteiger partial charge in [0.05, 0.1) is 4.90 Å². The van der Waals surface area contributed by atoms with Crippen LogP contribution < -0.4 is 5.14 Å².